The molecule has 2 aliphatic heterocycles. The molecule has 2 aromatic carbocycles. The van der Waals surface area contributed by atoms with Gasteiger partial charge in [0.2, 0.25) is 17.7 Å². The molecule has 0 radical (unpaired) electrons. The van der Waals surface area contributed by atoms with E-state index in [1.807, 2.05) is 37.3 Å². The SMILES string of the molecule is Cc1ccc(-c2[nH]nc3c2[C@]2(C(=O)Nc4ccc(F)cc42)C(C#N)=C(N)O3)cc1. The Morgan fingerprint density at radius 3 is 2.72 bits per heavy atom. The maximum atomic E-state index is 14.2. The smallest absolute Gasteiger partial charge is 0.245 e. The average molecular weight is 387 g/mol. The van der Waals surface area contributed by atoms with Crippen molar-refractivity contribution in [3.8, 4) is 23.2 Å². The molecule has 142 valence electrons. The number of fused-ring (bicyclic) bond motifs is 4. The number of amides is 1. The van der Waals surface area contributed by atoms with Crippen molar-refractivity contribution in [2.45, 2.75) is 12.3 Å². The minimum absolute atomic E-state index is 0.0735. The summed E-state index contributed by atoms with van der Waals surface area (Å²) in [7, 11) is 0. The number of hydrogen-bond donors (Lipinski definition) is 3. The summed E-state index contributed by atoms with van der Waals surface area (Å²) in [5.74, 6) is -1.22. The van der Waals surface area contributed by atoms with Crippen LogP contribution in [0.5, 0.6) is 5.88 Å². The molecule has 0 fully saturated rings. The fourth-order valence-corrected chi connectivity index (χ4v) is 4.05. The fraction of sp³-hybridized carbons (Fsp3) is 0.0952. The quantitative estimate of drug-likeness (QED) is 0.594. The van der Waals surface area contributed by atoms with Crippen molar-refractivity contribution >= 4 is 11.6 Å². The molecule has 0 aliphatic carbocycles. The Bertz CT molecular complexity index is 1270. The van der Waals surface area contributed by atoms with Crippen molar-refractivity contribution < 1.29 is 13.9 Å². The van der Waals surface area contributed by atoms with Crippen molar-refractivity contribution in [3.63, 3.8) is 0 Å². The van der Waals surface area contributed by atoms with Crippen molar-refractivity contribution in [2.24, 2.45) is 5.73 Å². The number of anilines is 1. The van der Waals surface area contributed by atoms with Gasteiger partial charge in [-0.15, -0.1) is 5.10 Å². The molecule has 0 unspecified atom stereocenters. The second-order valence-corrected chi connectivity index (χ2v) is 6.99. The van der Waals surface area contributed by atoms with Gasteiger partial charge >= 0.3 is 0 Å². The minimum Gasteiger partial charge on any atom is -0.420 e. The van der Waals surface area contributed by atoms with Crippen LogP contribution in [0.15, 0.2) is 53.9 Å². The first-order chi connectivity index (χ1) is 14.0. The summed E-state index contributed by atoms with van der Waals surface area (Å²) in [4.78, 5) is 13.4. The van der Waals surface area contributed by atoms with Crippen molar-refractivity contribution in [1.82, 2.24) is 10.2 Å². The molecule has 1 aromatic heterocycles. The zero-order valence-electron chi connectivity index (χ0n) is 15.2. The number of nitriles is 1. The maximum Gasteiger partial charge on any atom is 0.245 e. The molecule has 2 aliphatic rings. The van der Waals surface area contributed by atoms with Crippen LogP contribution in [0.25, 0.3) is 11.3 Å². The van der Waals surface area contributed by atoms with Gasteiger partial charge in [0.05, 0.1) is 11.3 Å². The van der Waals surface area contributed by atoms with E-state index in [9.17, 15) is 14.4 Å². The van der Waals surface area contributed by atoms with Crippen LogP contribution < -0.4 is 15.8 Å². The van der Waals surface area contributed by atoms with E-state index in [1.54, 1.807) is 0 Å². The van der Waals surface area contributed by atoms with Gasteiger partial charge in [0.15, 0.2) is 0 Å². The number of carbonyl (C=O) groups excluding carboxylic acids is 1. The molecule has 4 N–H and O–H groups in total. The highest BCUT2D eigenvalue weighted by Gasteiger charge is 2.58. The Hall–Kier alpha value is -4.12. The second kappa shape index (κ2) is 5.69. The van der Waals surface area contributed by atoms with Gasteiger partial charge in [-0.25, -0.2) is 4.39 Å². The lowest BCUT2D eigenvalue weighted by molar-refractivity contribution is -0.118. The Labute approximate surface area is 164 Å². The van der Waals surface area contributed by atoms with Crippen LogP contribution in [0.3, 0.4) is 0 Å². The van der Waals surface area contributed by atoms with Gasteiger partial charge in [-0.05, 0) is 25.1 Å². The van der Waals surface area contributed by atoms with E-state index in [0.717, 1.165) is 11.1 Å². The number of carbonyl (C=O) groups is 1. The normalized spacial score (nSPS) is 19.4. The number of aryl methyl sites for hydroxylation is 1. The largest absolute Gasteiger partial charge is 0.420 e. The Balaban J connectivity index is 1.90. The fourth-order valence-electron chi connectivity index (χ4n) is 4.05. The van der Waals surface area contributed by atoms with Crippen molar-refractivity contribution in [1.29, 1.82) is 5.26 Å². The van der Waals surface area contributed by atoms with Crippen LogP contribution in [0, 0.1) is 24.1 Å². The standard InChI is InChI=1S/C21H14FN5O2/c1-10-2-4-11(5-3-10)17-16-19(27-26-17)29-18(24)14(9-23)21(16)13-8-12(22)6-7-15(13)25-20(21)28/h2-8H,24H2,1H3,(H,25,28)(H,26,27)/t21-/m1/s1. The monoisotopic (exact) mass is 387 g/mol. The third kappa shape index (κ3) is 2.09. The Morgan fingerprint density at radius 2 is 2.00 bits per heavy atom. The van der Waals surface area contributed by atoms with Crippen molar-refractivity contribution in [3.05, 3.63) is 76.4 Å². The first kappa shape index (κ1) is 17.0. The molecule has 5 rings (SSSR count). The van der Waals surface area contributed by atoms with Crippen LogP contribution in [-0.2, 0) is 10.2 Å². The summed E-state index contributed by atoms with van der Waals surface area (Å²) in [6.07, 6.45) is 0. The van der Waals surface area contributed by atoms with E-state index in [-0.39, 0.29) is 17.3 Å². The van der Waals surface area contributed by atoms with E-state index in [4.69, 9.17) is 10.5 Å². The first-order valence-corrected chi connectivity index (χ1v) is 8.82. The molecule has 29 heavy (non-hydrogen) atoms. The molecule has 0 bridgehead atoms. The number of rotatable bonds is 1. The number of aromatic amines is 1. The highest BCUT2D eigenvalue weighted by molar-refractivity contribution is 6.13. The van der Waals surface area contributed by atoms with E-state index in [2.05, 4.69) is 15.5 Å². The third-order valence-electron chi connectivity index (χ3n) is 5.36. The molecule has 3 heterocycles. The topological polar surface area (TPSA) is 117 Å². The molecule has 8 heteroatoms. The highest BCUT2D eigenvalue weighted by Crippen LogP contribution is 2.55. The number of hydrogen-bond acceptors (Lipinski definition) is 5. The van der Waals surface area contributed by atoms with E-state index >= 15 is 0 Å². The highest BCUT2D eigenvalue weighted by atomic mass is 19.1. The lowest BCUT2D eigenvalue weighted by atomic mass is 9.68. The molecular weight excluding hydrogens is 373 g/mol. The van der Waals surface area contributed by atoms with Crippen LogP contribution in [0.1, 0.15) is 16.7 Å². The van der Waals surface area contributed by atoms with Gasteiger partial charge < -0.3 is 15.8 Å². The van der Waals surface area contributed by atoms with Gasteiger partial charge in [0, 0.05) is 16.8 Å². The zero-order valence-corrected chi connectivity index (χ0v) is 15.2. The lowest BCUT2D eigenvalue weighted by Crippen LogP contribution is -2.42. The molecule has 3 aromatic rings. The summed E-state index contributed by atoms with van der Waals surface area (Å²) in [5, 5.41) is 19.7. The van der Waals surface area contributed by atoms with E-state index in [0.29, 0.717) is 22.5 Å². The Kier molecular flexibility index (Phi) is 3.34. The number of nitrogens with one attached hydrogen (secondary N) is 2. The number of halogens is 1. The van der Waals surface area contributed by atoms with Gasteiger partial charge in [0.1, 0.15) is 22.9 Å². The van der Waals surface area contributed by atoms with Crippen LogP contribution in [-0.4, -0.2) is 16.1 Å². The number of H-pyrrole nitrogens is 1. The third-order valence-corrected chi connectivity index (χ3v) is 5.36. The molecule has 1 amide bonds. The lowest BCUT2D eigenvalue weighted by Gasteiger charge is -2.31. The van der Waals surface area contributed by atoms with Crippen molar-refractivity contribution in [2.75, 3.05) is 5.32 Å². The molecule has 1 atom stereocenters. The average Bonchev–Trinajstić information content (AvgIpc) is 3.23. The summed E-state index contributed by atoms with van der Waals surface area (Å²) in [6.45, 7) is 1.96. The minimum atomic E-state index is -1.67. The number of nitrogens with two attached hydrogens (primary N) is 1. The maximum absolute atomic E-state index is 14.2. The molecule has 0 saturated carbocycles. The number of nitrogens with zero attached hydrogens (tertiary/aromatic N) is 2. The number of benzene rings is 2. The molecule has 0 saturated heterocycles. The predicted octanol–water partition coefficient (Wildman–Crippen LogP) is 2.85. The molecule has 7 nitrogen and oxygen atoms in total. The molecular formula is C21H14FN5O2. The summed E-state index contributed by atoms with van der Waals surface area (Å²) < 4.78 is 19.8. The summed E-state index contributed by atoms with van der Waals surface area (Å²) in [5.41, 5.74) is 7.52. The Morgan fingerprint density at radius 1 is 1.24 bits per heavy atom. The van der Waals surface area contributed by atoms with E-state index < -0.39 is 17.1 Å². The number of aromatic nitrogens is 2. The van der Waals surface area contributed by atoms with Crippen LogP contribution in [0.2, 0.25) is 0 Å². The summed E-state index contributed by atoms with van der Waals surface area (Å²) in [6, 6.07) is 13.5. The van der Waals surface area contributed by atoms with Gasteiger partial charge in [-0.2, -0.15) is 5.26 Å². The van der Waals surface area contributed by atoms with Gasteiger partial charge in [0.25, 0.3) is 0 Å². The summed E-state index contributed by atoms with van der Waals surface area (Å²) >= 11 is 0. The predicted molar refractivity (Wildman–Crippen MR) is 102 cm³/mol. The first-order valence-electron chi connectivity index (χ1n) is 8.82. The second-order valence-electron chi connectivity index (χ2n) is 6.99. The zero-order chi connectivity index (χ0) is 20.3. The number of ether oxygens (including phenoxy) is 1. The van der Waals surface area contributed by atoms with E-state index in [1.165, 1.54) is 18.2 Å². The van der Waals surface area contributed by atoms with Gasteiger partial charge in [-0.3, -0.25) is 9.89 Å². The molecule has 1 spiro atoms. The van der Waals surface area contributed by atoms with Crippen LogP contribution in [0.4, 0.5) is 10.1 Å². The van der Waals surface area contributed by atoms with Gasteiger partial charge in [-0.1, -0.05) is 29.8 Å². The van der Waals surface area contributed by atoms with Crippen LogP contribution >= 0.6 is 0 Å².